The van der Waals surface area contributed by atoms with E-state index in [1.807, 2.05) is 13.8 Å². The van der Waals surface area contributed by atoms with Crippen LogP contribution in [0.3, 0.4) is 0 Å². The number of anilines is 1. The van der Waals surface area contributed by atoms with Gasteiger partial charge in [0, 0.05) is 5.39 Å². The van der Waals surface area contributed by atoms with Crippen molar-refractivity contribution < 1.29 is 4.39 Å². The molecule has 0 saturated heterocycles. The van der Waals surface area contributed by atoms with Crippen LogP contribution in [0.25, 0.3) is 10.9 Å². The van der Waals surface area contributed by atoms with Gasteiger partial charge in [0.2, 0.25) is 0 Å². The molecule has 0 saturated carbocycles. The summed E-state index contributed by atoms with van der Waals surface area (Å²) in [4.78, 5) is 4.19. The zero-order chi connectivity index (χ0) is 11.2. The summed E-state index contributed by atoms with van der Waals surface area (Å²) in [6.07, 6.45) is 0. The van der Waals surface area contributed by atoms with Gasteiger partial charge in [-0.15, -0.1) is 0 Å². The molecule has 0 aliphatic carbocycles. The van der Waals surface area contributed by atoms with E-state index >= 15 is 0 Å². The van der Waals surface area contributed by atoms with Crippen LogP contribution in [0.2, 0.25) is 0 Å². The Balaban J connectivity index is 2.97. The number of pyridine rings is 1. The Morgan fingerprint density at radius 2 is 1.93 bits per heavy atom. The van der Waals surface area contributed by atoms with Crippen molar-refractivity contribution in [1.29, 1.82) is 0 Å². The molecule has 0 fully saturated rings. The predicted octanol–water partition coefficient (Wildman–Crippen LogP) is 3.34. The van der Waals surface area contributed by atoms with Gasteiger partial charge in [-0.3, -0.25) is 0 Å². The molecule has 0 aliphatic heterocycles. The number of hydrogen-bond donors (Lipinski definition) is 1. The van der Waals surface area contributed by atoms with Gasteiger partial charge in [0.15, 0.2) is 0 Å². The van der Waals surface area contributed by atoms with E-state index in [9.17, 15) is 4.39 Å². The number of halogens is 2. The van der Waals surface area contributed by atoms with Crippen LogP contribution in [0.5, 0.6) is 0 Å². The second-order valence-corrected chi connectivity index (χ2v) is 4.43. The maximum atomic E-state index is 13.8. The molecule has 0 spiro atoms. The highest BCUT2D eigenvalue weighted by atomic mass is 79.9. The average Bonchev–Trinajstić information content (AvgIpc) is 2.18. The molecule has 15 heavy (non-hydrogen) atoms. The van der Waals surface area contributed by atoms with E-state index in [1.165, 1.54) is 0 Å². The number of fused-ring (bicyclic) bond motifs is 1. The van der Waals surface area contributed by atoms with Crippen molar-refractivity contribution in [2.45, 2.75) is 13.8 Å². The topological polar surface area (TPSA) is 38.9 Å². The van der Waals surface area contributed by atoms with Crippen molar-refractivity contribution in [3.05, 3.63) is 33.5 Å². The van der Waals surface area contributed by atoms with Gasteiger partial charge in [-0.2, -0.15) is 0 Å². The molecule has 2 aromatic rings. The number of rotatable bonds is 0. The van der Waals surface area contributed by atoms with Crippen LogP contribution < -0.4 is 5.73 Å². The monoisotopic (exact) mass is 268 g/mol. The SMILES string of the molecule is Cc1cc2c(F)c(Br)cc(C)c2nc1N. The van der Waals surface area contributed by atoms with Gasteiger partial charge in [0.25, 0.3) is 0 Å². The summed E-state index contributed by atoms with van der Waals surface area (Å²) in [6.45, 7) is 3.70. The first-order valence-corrected chi connectivity index (χ1v) is 5.31. The van der Waals surface area contributed by atoms with Gasteiger partial charge in [-0.1, -0.05) is 0 Å². The Kier molecular flexibility index (Phi) is 2.38. The van der Waals surface area contributed by atoms with Gasteiger partial charge in [0.05, 0.1) is 9.99 Å². The molecule has 2 N–H and O–H groups in total. The molecule has 4 heteroatoms. The Morgan fingerprint density at radius 1 is 1.27 bits per heavy atom. The Labute approximate surface area is 95.4 Å². The molecule has 2 nitrogen and oxygen atoms in total. The van der Waals surface area contributed by atoms with Crippen LogP contribution in [-0.4, -0.2) is 4.98 Å². The largest absolute Gasteiger partial charge is 0.383 e. The van der Waals surface area contributed by atoms with E-state index in [0.717, 1.165) is 11.1 Å². The summed E-state index contributed by atoms with van der Waals surface area (Å²) in [5.41, 5.74) is 8.02. The standard InChI is InChI=1S/C11H10BrFN2/c1-5-4-8(12)9(13)7-3-6(2)11(14)15-10(5)7/h3-4H,1-2H3,(H2,14,15). The zero-order valence-corrected chi connectivity index (χ0v) is 10.0. The quantitative estimate of drug-likeness (QED) is 0.796. The minimum Gasteiger partial charge on any atom is -0.383 e. The number of nitrogens with two attached hydrogens (primary N) is 1. The third-order valence-corrected chi connectivity index (χ3v) is 2.99. The van der Waals surface area contributed by atoms with Crippen molar-refractivity contribution in [3.8, 4) is 0 Å². The van der Waals surface area contributed by atoms with Crippen molar-refractivity contribution in [3.63, 3.8) is 0 Å². The van der Waals surface area contributed by atoms with E-state index in [4.69, 9.17) is 5.73 Å². The first kappa shape index (κ1) is 10.4. The number of aromatic nitrogens is 1. The first-order valence-electron chi connectivity index (χ1n) is 4.52. The lowest BCUT2D eigenvalue weighted by Crippen LogP contribution is -1.97. The average molecular weight is 269 g/mol. The van der Waals surface area contributed by atoms with Crippen molar-refractivity contribution >= 4 is 32.7 Å². The van der Waals surface area contributed by atoms with Crippen LogP contribution in [0, 0.1) is 19.7 Å². The summed E-state index contributed by atoms with van der Waals surface area (Å²) in [6, 6.07) is 3.43. The normalized spacial score (nSPS) is 10.9. The van der Waals surface area contributed by atoms with E-state index in [2.05, 4.69) is 20.9 Å². The molecule has 0 unspecified atom stereocenters. The molecule has 1 aromatic carbocycles. The van der Waals surface area contributed by atoms with Crippen molar-refractivity contribution in [2.75, 3.05) is 5.73 Å². The fourth-order valence-electron chi connectivity index (χ4n) is 1.55. The lowest BCUT2D eigenvalue weighted by molar-refractivity contribution is 0.632. The summed E-state index contributed by atoms with van der Waals surface area (Å²) < 4.78 is 14.2. The second kappa shape index (κ2) is 3.45. The van der Waals surface area contributed by atoms with Crippen LogP contribution in [0.1, 0.15) is 11.1 Å². The Hall–Kier alpha value is -1.16. The minimum absolute atomic E-state index is 0.286. The molecule has 2 rings (SSSR count). The van der Waals surface area contributed by atoms with E-state index in [0.29, 0.717) is 21.2 Å². The summed E-state index contributed by atoms with van der Waals surface area (Å²) >= 11 is 3.18. The third kappa shape index (κ3) is 1.59. The molecule has 78 valence electrons. The highest BCUT2D eigenvalue weighted by Crippen LogP contribution is 2.28. The van der Waals surface area contributed by atoms with Crippen LogP contribution in [0.15, 0.2) is 16.6 Å². The number of nitrogen functional groups attached to an aromatic ring is 1. The van der Waals surface area contributed by atoms with Crippen LogP contribution >= 0.6 is 15.9 Å². The minimum atomic E-state index is -0.286. The number of benzene rings is 1. The molecule has 0 amide bonds. The van der Waals surface area contributed by atoms with Crippen molar-refractivity contribution in [1.82, 2.24) is 4.98 Å². The Morgan fingerprint density at radius 3 is 2.60 bits per heavy atom. The molecule has 1 heterocycles. The van der Waals surface area contributed by atoms with Gasteiger partial charge in [-0.25, -0.2) is 9.37 Å². The zero-order valence-electron chi connectivity index (χ0n) is 8.44. The molecule has 0 atom stereocenters. The number of hydrogen-bond acceptors (Lipinski definition) is 2. The fourth-order valence-corrected chi connectivity index (χ4v) is 2.10. The number of aryl methyl sites for hydroxylation is 2. The van der Waals surface area contributed by atoms with Crippen LogP contribution in [-0.2, 0) is 0 Å². The fraction of sp³-hybridized carbons (Fsp3) is 0.182. The van der Waals surface area contributed by atoms with E-state index in [-0.39, 0.29) is 5.82 Å². The Bertz CT molecular complexity index is 552. The molecular formula is C11H10BrFN2. The second-order valence-electron chi connectivity index (χ2n) is 3.58. The lowest BCUT2D eigenvalue weighted by Gasteiger charge is -2.07. The highest BCUT2D eigenvalue weighted by Gasteiger charge is 2.11. The van der Waals surface area contributed by atoms with Gasteiger partial charge in [-0.05, 0) is 53.0 Å². The van der Waals surface area contributed by atoms with E-state index < -0.39 is 0 Å². The van der Waals surface area contributed by atoms with Gasteiger partial charge < -0.3 is 5.73 Å². The summed E-state index contributed by atoms with van der Waals surface area (Å²) in [5.74, 6) is 0.165. The molecule has 0 radical (unpaired) electrons. The lowest BCUT2D eigenvalue weighted by atomic mass is 10.1. The highest BCUT2D eigenvalue weighted by molar-refractivity contribution is 9.10. The van der Waals surface area contributed by atoms with Crippen LogP contribution in [0.4, 0.5) is 10.2 Å². The first-order chi connectivity index (χ1) is 7.00. The van der Waals surface area contributed by atoms with Gasteiger partial charge in [0.1, 0.15) is 11.6 Å². The summed E-state index contributed by atoms with van der Waals surface area (Å²) in [7, 11) is 0. The predicted molar refractivity (Wildman–Crippen MR) is 63.3 cm³/mol. The van der Waals surface area contributed by atoms with Crippen molar-refractivity contribution in [2.24, 2.45) is 0 Å². The number of nitrogens with zero attached hydrogens (tertiary/aromatic N) is 1. The molecule has 0 bridgehead atoms. The summed E-state index contributed by atoms with van der Waals surface area (Å²) in [5, 5.41) is 0.508. The maximum Gasteiger partial charge on any atom is 0.146 e. The third-order valence-electron chi connectivity index (χ3n) is 2.42. The molecule has 0 aliphatic rings. The van der Waals surface area contributed by atoms with Gasteiger partial charge >= 0.3 is 0 Å². The molecular weight excluding hydrogens is 259 g/mol. The van der Waals surface area contributed by atoms with E-state index in [1.54, 1.807) is 12.1 Å². The maximum absolute atomic E-state index is 13.8. The smallest absolute Gasteiger partial charge is 0.146 e. The molecule has 1 aromatic heterocycles.